The average molecular weight is 207 g/mol. The summed E-state index contributed by atoms with van der Waals surface area (Å²) in [5.41, 5.74) is 1.43. The van der Waals surface area contributed by atoms with Crippen LogP contribution >= 0.6 is 0 Å². The van der Waals surface area contributed by atoms with Crippen LogP contribution in [0.25, 0.3) is 0 Å². The van der Waals surface area contributed by atoms with Gasteiger partial charge in [-0.2, -0.15) is 0 Å². The van der Waals surface area contributed by atoms with Crippen molar-refractivity contribution in [3.05, 3.63) is 39.4 Å². The number of rotatable bonds is 2. The number of benzene rings is 1. The van der Waals surface area contributed by atoms with Crippen LogP contribution in [-0.2, 0) is 10.3 Å². The molecule has 0 amide bonds. The number of hydrogen-bond donors (Lipinski definition) is 0. The van der Waals surface area contributed by atoms with E-state index in [9.17, 15) is 10.1 Å². The van der Waals surface area contributed by atoms with E-state index in [1.165, 1.54) is 0 Å². The Hall–Kier alpha value is -1.42. The van der Waals surface area contributed by atoms with Crippen LogP contribution in [0.3, 0.4) is 0 Å². The largest absolute Gasteiger partial charge is 0.370 e. The van der Waals surface area contributed by atoms with Crippen molar-refractivity contribution in [2.24, 2.45) is 0 Å². The summed E-state index contributed by atoms with van der Waals surface area (Å²) in [6, 6.07) is 5.30. The predicted molar refractivity (Wildman–Crippen MR) is 55.8 cm³/mol. The zero-order valence-electron chi connectivity index (χ0n) is 8.82. The molecule has 15 heavy (non-hydrogen) atoms. The summed E-state index contributed by atoms with van der Waals surface area (Å²) < 4.78 is 5.46. The van der Waals surface area contributed by atoms with E-state index in [0.717, 1.165) is 18.6 Å². The van der Waals surface area contributed by atoms with Crippen LogP contribution < -0.4 is 0 Å². The first kappa shape index (κ1) is 10.1. The maximum atomic E-state index is 10.8. The smallest absolute Gasteiger partial charge is 0.272 e. The van der Waals surface area contributed by atoms with Gasteiger partial charge in [-0.25, -0.2) is 0 Å². The second-order valence-electron chi connectivity index (χ2n) is 4.09. The zero-order valence-corrected chi connectivity index (χ0v) is 8.82. The molecular formula is C11H13NO3. The zero-order chi connectivity index (χ0) is 11.1. The quantitative estimate of drug-likeness (QED) is 0.553. The number of nitrogens with zero attached hydrogens (tertiary/aromatic N) is 1. The van der Waals surface area contributed by atoms with Gasteiger partial charge in [-0.3, -0.25) is 10.1 Å². The molecule has 0 N–H and O–H groups in total. The van der Waals surface area contributed by atoms with E-state index < -0.39 is 0 Å². The van der Waals surface area contributed by atoms with E-state index in [0.29, 0.717) is 5.56 Å². The maximum absolute atomic E-state index is 10.8. The van der Waals surface area contributed by atoms with Gasteiger partial charge in [-0.05, 0) is 19.4 Å². The fourth-order valence-corrected chi connectivity index (χ4v) is 1.77. The highest BCUT2D eigenvalue weighted by Crippen LogP contribution is 2.38. The molecule has 0 spiro atoms. The van der Waals surface area contributed by atoms with Gasteiger partial charge in [0.2, 0.25) is 0 Å². The van der Waals surface area contributed by atoms with Crippen molar-refractivity contribution in [3.8, 4) is 0 Å². The van der Waals surface area contributed by atoms with Crippen LogP contribution in [-0.4, -0.2) is 11.5 Å². The first-order valence-corrected chi connectivity index (χ1v) is 4.92. The molecule has 1 aromatic rings. The molecule has 1 fully saturated rings. The van der Waals surface area contributed by atoms with E-state index in [-0.39, 0.29) is 16.2 Å². The number of nitro benzene ring substituents is 1. The van der Waals surface area contributed by atoms with E-state index in [4.69, 9.17) is 4.74 Å². The minimum atomic E-state index is -0.346. The summed E-state index contributed by atoms with van der Waals surface area (Å²) >= 11 is 0. The fourth-order valence-electron chi connectivity index (χ4n) is 1.77. The van der Waals surface area contributed by atoms with Crippen molar-refractivity contribution in [2.75, 3.05) is 6.61 Å². The lowest BCUT2D eigenvalue weighted by atomic mass is 9.88. The van der Waals surface area contributed by atoms with Gasteiger partial charge >= 0.3 is 0 Å². The topological polar surface area (TPSA) is 52.4 Å². The number of aryl methyl sites for hydroxylation is 1. The fraction of sp³-hybridized carbons (Fsp3) is 0.455. The average Bonchev–Trinajstić information content (AvgIpc) is 2.14. The van der Waals surface area contributed by atoms with Gasteiger partial charge in [0.05, 0.1) is 17.1 Å². The Morgan fingerprint density at radius 2 is 2.20 bits per heavy atom. The van der Waals surface area contributed by atoms with E-state index in [1.807, 2.05) is 13.0 Å². The molecule has 80 valence electrons. The molecule has 1 aromatic carbocycles. The van der Waals surface area contributed by atoms with Crippen LogP contribution in [0.1, 0.15) is 24.5 Å². The molecule has 1 heterocycles. The highest BCUT2D eigenvalue weighted by atomic mass is 16.6. The molecule has 4 nitrogen and oxygen atoms in total. The van der Waals surface area contributed by atoms with Crippen molar-refractivity contribution >= 4 is 5.69 Å². The van der Waals surface area contributed by atoms with Crippen LogP contribution in [0, 0.1) is 17.0 Å². The third kappa shape index (κ3) is 1.61. The van der Waals surface area contributed by atoms with Gasteiger partial charge in [-0.1, -0.05) is 12.1 Å². The van der Waals surface area contributed by atoms with Gasteiger partial charge in [0, 0.05) is 18.1 Å². The van der Waals surface area contributed by atoms with Gasteiger partial charge in [-0.15, -0.1) is 0 Å². The normalized spacial score (nSPS) is 24.7. The maximum Gasteiger partial charge on any atom is 0.272 e. The first-order valence-electron chi connectivity index (χ1n) is 4.92. The Kier molecular flexibility index (Phi) is 2.23. The summed E-state index contributed by atoms with van der Waals surface area (Å²) in [5, 5.41) is 10.8. The third-order valence-corrected chi connectivity index (χ3v) is 3.02. The van der Waals surface area contributed by atoms with Gasteiger partial charge < -0.3 is 4.74 Å². The highest BCUT2D eigenvalue weighted by molar-refractivity contribution is 5.44. The predicted octanol–water partition coefficient (Wildman–Crippen LogP) is 2.54. The van der Waals surface area contributed by atoms with Gasteiger partial charge in [0.1, 0.15) is 0 Å². The second kappa shape index (κ2) is 3.31. The highest BCUT2D eigenvalue weighted by Gasteiger charge is 2.36. The monoisotopic (exact) mass is 207 g/mol. The summed E-state index contributed by atoms with van der Waals surface area (Å²) in [5.74, 6) is 0. The van der Waals surface area contributed by atoms with Crippen molar-refractivity contribution in [3.63, 3.8) is 0 Å². The van der Waals surface area contributed by atoms with E-state index in [2.05, 4.69) is 0 Å². The molecule has 1 atom stereocenters. The molecule has 0 bridgehead atoms. The van der Waals surface area contributed by atoms with E-state index in [1.54, 1.807) is 19.1 Å². The Morgan fingerprint density at radius 3 is 2.67 bits per heavy atom. The Bertz CT molecular complexity index is 410. The lowest BCUT2D eigenvalue weighted by Gasteiger charge is -2.39. The minimum Gasteiger partial charge on any atom is -0.370 e. The van der Waals surface area contributed by atoms with E-state index >= 15 is 0 Å². The Labute approximate surface area is 88.0 Å². The van der Waals surface area contributed by atoms with Gasteiger partial charge in [0.25, 0.3) is 5.69 Å². The Morgan fingerprint density at radius 1 is 1.53 bits per heavy atom. The standard InChI is InChI=1S/C11H13NO3/c1-8-3-4-9(7-10(8)12(13)14)11(2)5-6-15-11/h3-4,7H,5-6H2,1-2H3. The number of nitro groups is 1. The second-order valence-corrected chi connectivity index (χ2v) is 4.09. The van der Waals surface area contributed by atoms with Gasteiger partial charge in [0.15, 0.2) is 0 Å². The SMILES string of the molecule is Cc1ccc(C2(C)CCO2)cc1[N+](=O)[O-]. The number of hydrogen-bond acceptors (Lipinski definition) is 3. The minimum absolute atomic E-state index is 0.171. The van der Waals surface area contributed by atoms with Crippen molar-refractivity contribution in [1.82, 2.24) is 0 Å². The lowest BCUT2D eigenvalue weighted by molar-refractivity contribution is -0.385. The molecular weight excluding hydrogens is 194 g/mol. The molecule has 1 saturated heterocycles. The molecule has 1 unspecified atom stereocenters. The summed E-state index contributed by atoms with van der Waals surface area (Å²) in [4.78, 5) is 10.4. The van der Waals surface area contributed by atoms with Crippen molar-refractivity contribution < 1.29 is 9.66 Å². The van der Waals surface area contributed by atoms with Crippen LogP contribution in [0.5, 0.6) is 0 Å². The van der Waals surface area contributed by atoms with Crippen LogP contribution in [0.4, 0.5) is 5.69 Å². The van der Waals surface area contributed by atoms with Crippen LogP contribution in [0.2, 0.25) is 0 Å². The summed E-state index contributed by atoms with van der Waals surface area (Å²) in [6.07, 6.45) is 0.924. The van der Waals surface area contributed by atoms with Crippen LogP contribution in [0.15, 0.2) is 18.2 Å². The molecule has 1 aliphatic rings. The molecule has 1 aliphatic heterocycles. The first-order chi connectivity index (χ1) is 7.03. The summed E-state index contributed by atoms with van der Waals surface area (Å²) in [7, 11) is 0. The number of ether oxygens (including phenoxy) is 1. The molecule has 0 aromatic heterocycles. The summed E-state index contributed by atoms with van der Waals surface area (Å²) in [6.45, 7) is 4.44. The molecule has 0 saturated carbocycles. The Balaban J connectivity index is 2.42. The lowest BCUT2D eigenvalue weighted by Crippen LogP contribution is -2.37. The molecule has 2 rings (SSSR count). The van der Waals surface area contributed by atoms with Crippen molar-refractivity contribution in [2.45, 2.75) is 25.9 Å². The molecule has 0 aliphatic carbocycles. The third-order valence-electron chi connectivity index (χ3n) is 3.02. The van der Waals surface area contributed by atoms with Crippen molar-refractivity contribution in [1.29, 1.82) is 0 Å². The molecule has 0 radical (unpaired) electrons. The molecule has 4 heteroatoms.